The molecule has 1 atom stereocenters. The minimum atomic E-state index is -0.277. The average molecular weight is 306 g/mol. The predicted octanol–water partition coefficient (Wildman–Crippen LogP) is -0.843. The van der Waals surface area contributed by atoms with Gasteiger partial charge in [-0.25, -0.2) is 0 Å². The van der Waals surface area contributed by atoms with E-state index in [2.05, 4.69) is 60.8 Å². The van der Waals surface area contributed by atoms with Crippen LogP contribution in [-0.4, -0.2) is 24.3 Å². The van der Waals surface area contributed by atoms with Gasteiger partial charge in [-0.3, -0.25) is 0 Å². The highest BCUT2D eigenvalue weighted by atomic mass is 35.5. The van der Waals surface area contributed by atoms with Gasteiger partial charge in [-0.15, -0.1) is 0 Å². The fourth-order valence-corrected chi connectivity index (χ4v) is 2.56. The van der Waals surface area contributed by atoms with Crippen molar-refractivity contribution in [3.63, 3.8) is 0 Å². The van der Waals surface area contributed by atoms with Crippen molar-refractivity contribution >= 4 is 0 Å². The maximum absolute atomic E-state index is 10.2. The highest BCUT2D eigenvalue weighted by Crippen LogP contribution is 2.28. The van der Waals surface area contributed by atoms with E-state index in [-0.39, 0.29) is 24.4 Å². The van der Waals surface area contributed by atoms with Gasteiger partial charge in [-0.05, 0) is 24.5 Å². The lowest BCUT2D eigenvalue weighted by molar-refractivity contribution is -0.658. The summed E-state index contributed by atoms with van der Waals surface area (Å²) in [7, 11) is 0. The van der Waals surface area contributed by atoms with Crippen LogP contribution in [0.4, 0.5) is 0 Å². The van der Waals surface area contributed by atoms with Crippen LogP contribution in [0.25, 0.3) is 0 Å². The van der Waals surface area contributed by atoms with Crippen molar-refractivity contribution in [2.45, 2.75) is 25.4 Å². The van der Waals surface area contributed by atoms with Crippen LogP contribution in [0.1, 0.15) is 30.4 Å². The number of rotatable bonds is 7. The van der Waals surface area contributed by atoms with E-state index in [9.17, 15) is 5.11 Å². The molecule has 0 spiro atoms. The second-order valence-corrected chi connectivity index (χ2v) is 5.20. The van der Waals surface area contributed by atoms with Gasteiger partial charge in [0.25, 0.3) is 0 Å². The number of benzene rings is 2. The molecule has 3 N–H and O–H groups in total. The number of hydrogen-bond donors (Lipinski definition) is 2. The van der Waals surface area contributed by atoms with Gasteiger partial charge < -0.3 is 22.8 Å². The number of hydrogen-bond acceptors (Lipinski definition) is 1. The first kappa shape index (κ1) is 17.7. The van der Waals surface area contributed by atoms with Gasteiger partial charge in [0, 0.05) is 5.92 Å². The van der Waals surface area contributed by atoms with Gasteiger partial charge in [0.15, 0.2) is 0 Å². The molecule has 2 rings (SSSR count). The summed E-state index contributed by atoms with van der Waals surface area (Å²) in [4.78, 5) is 0. The zero-order chi connectivity index (χ0) is 14.2. The highest BCUT2D eigenvalue weighted by molar-refractivity contribution is 5.32. The summed E-state index contributed by atoms with van der Waals surface area (Å²) in [5, 5.41) is 12.4. The standard InChI is InChI=1S/C18H23NO.ClH/c1-2-19-14-17(20)13-18(15-9-5-3-6-10-15)16-11-7-4-8-12-16;/h3-12,17-20H,2,13-14H2,1H3;1H. The maximum Gasteiger partial charge on any atom is 0.104 e. The molecule has 0 aliphatic carbocycles. The third-order valence-electron chi connectivity index (χ3n) is 3.64. The second kappa shape index (κ2) is 9.56. The smallest absolute Gasteiger partial charge is 0.104 e. The van der Waals surface area contributed by atoms with E-state index in [1.165, 1.54) is 11.1 Å². The quantitative estimate of drug-likeness (QED) is 0.687. The van der Waals surface area contributed by atoms with Crippen LogP contribution in [0.3, 0.4) is 0 Å². The van der Waals surface area contributed by atoms with E-state index in [4.69, 9.17) is 0 Å². The van der Waals surface area contributed by atoms with Crippen LogP contribution in [0.5, 0.6) is 0 Å². The Morgan fingerprint density at radius 2 is 1.38 bits per heavy atom. The topological polar surface area (TPSA) is 36.8 Å². The first-order valence-corrected chi connectivity index (χ1v) is 7.41. The van der Waals surface area contributed by atoms with Crippen molar-refractivity contribution in [2.75, 3.05) is 13.1 Å². The minimum absolute atomic E-state index is 0. The van der Waals surface area contributed by atoms with E-state index >= 15 is 0 Å². The molecule has 0 radical (unpaired) electrons. The zero-order valence-corrected chi connectivity index (χ0v) is 13.2. The van der Waals surface area contributed by atoms with Crippen LogP contribution in [0.15, 0.2) is 60.7 Å². The highest BCUT2D eigenvalue weighted by Gasteiger charge is 2.19. The average Bonchev–Trinajstić information content (AvgIpc) is 2.52. The van der Waals surface area contributed by atoms with E-state index < -0.39 is 0 Å². The Morgan fingerprint density at radius 1 is 0.905 bits per heavy atom. The first-order valence-electron chi connectivity index (χ1n) is 7.41. The molecular weight excluding hydrogens is 282 g/mol. The Kier molecular flexibility index (Phi) is 8.06. The number of likely N-dealkylation sites (N-methyl/N-ethyl adjacent to an activating group) is 1. The number of halogens is 1. The van der Waals surface area contributed by atoms with Crippen molar-refractivity contribution < 1.29 is 22.8 Å². The summed E-state index contributed by atoms with van der Waals surface area (Å²) < 4.78 is 0. The molecule has 3 heteroatoms. The van der Waals surface area contributed by atoms with E-state index in [1.54, 1.807) is 0 Å². The third-order valence-corrected chi connectivity index (χ3v) is 3.64. The summed E-state index contributed by atoms with van der Waals surface area (Å²) in [5.41, 5.74) is 2.54. The molecule has 0 aliphatic heterocycles. The molecule has 2 aromatic carbocycles. The van der Waals surface area contributed by atoms with Crippen molar-refractivity contribution in [1.82, 2.24) is 0 Å². The van der Waals surface area contributed by atoms with E-state index in [1.807, 2.05) is 12.1 Å². The molecule has 0 amide bonds. The normalized spacial score (nSPS) is 12.0. The monoisotopic (exact) mass is 305 g/mol. The third kappa shape index (κ3) is 5.50. The fraction of sp³-hybridized carbons (Fsp3) is 0.333. The lowest BCUT2D eigenvalue weighted by Gasteiger charge is -2.20. The molecule has 0 fully saturated rings. The van der Waals surface area contributed by atoms with Gasteiger partial charge in [0.1, 0.15) is 12.6 Å². The second-order valence-electron chi connectivity index (χ2n) is 5.20. The van der Waals surface area contributed by atoms with Crippen LogP contribution >= 0.6 is 0 Å². The fourth-order valence-electron chi connectivity index (χ4n) is 2.56. The summed E-state index contributed by atoms with van der Waals surface area (Å²) in [6, 6.07) is 20.9. The van der Waals surface area contributed by atoms with E-state index in [0.29, 0.717) is 0 Å². The number of aliphatic hydroxyl groups is 1. The molecule has 0 aromatic heterocycles. The Hall–Kier alpha value is -1.35. The molecule has 0 saturated heterocycles. The van der Waals surface area contributed by atoms with Gasteiger partial charge in [-0.2, -0.15) is 0 Å². The lowest BCUT2D eigenvalue weighted by atomic mass is 9.86. The molecule has 0 heterocycles. The van der Waals surface area contributed by atoms with Crippen molar-refractivity contribution in [2.24, 2.45) is 0 Å². The summed E-state index contributed by atoms with van der Waals surface area (Å²) in [6.07, 6.45) is 0.491. The number of quaternary nitrogens is 1. The van der Waals surface area contributed by atoms with Gasteiger partial charge >= 0.3 is 0 Å². The molecule has 0 aliphatic rings. The van der Waals surface area contributed by atoms with Crippen LogP contribution in [0.2, 0.25) is 0 Å². The Labute approximate surface area is 133 Å². The van der Waals surface area contributed by atoms with Gasteiger partial charge in [-0.1, -0.05) is 60.7 Å². The summed E-state index contributed by atoms with van der Waals surface area (Å²) in [6.45, 7) is 3.89. The molecule has 2 nitrogen and oxygen atoms in total. The van der Waals surface area contributed by atoms with Gasteiger partial charge in [0.2, 0.25) is 0 Å². The van der Waals surface area contributed by atoms with Crippen LogP contribution in [-0.2, 0) is 0 Å². The molecule has 21 heavy (non-hydrogen) atoms. The molecule has 114 valence electrons. The molecular formula is C18H24ClNO. The van der Waals surface area contributed by atoms with E-state index in [0.717, 1.165) is 19.5 Å². The lowest BCUT2D eigenvalue weighted by Crippen LogP contribution is -3.00. The molecule has 2 aromatic rings. The van der Waals surface area contributed by atoms with Gasteiger partial charge in [0.05, 0.1) is 6.54 Å². The molecule has 0 saturated carbocycles. The van der Waals surface area contributed by atoms with Crippen molar-refractivity contribution in [3.8, 4) is 0 Å². The summed E-state index contributed by atoms with van der Waals surface area (Å²) in [5.74, 6) is 0.262. The maximum atomic E-state index is 10.2. The molecule has 1 unspecified atom stereocenters. The number of aliphatic hydroxyl groups excluding tert-OH is 1. The first-order chi connectivity index (χ1) is 9.81. The Balaban J connectivity index is 0.00000220. The zero-order valence-electron chi connectivity index (χ0n) is 12.5. The SMILES string of the molecule is CC[NH2+]CC(O)CC(c1ccccc1)c1ccccc1.[Cl-]. The van der Waals surface area contributed by atoms with Crippen molar-refractivity contribution in [1.29, 1.82) is 0 Å². The molecule has 0 bridgehead atoms. The predicted molar refractivity (Wildman–Crippen MR) is 82.7 cm³/mol. The van der Waals surface area contributed by atoms with Crippen LogP contribution < -0.4 is 17.7 Å². The largest absolute Gasteiger partial charge is 1.00 e. The van der Waals surface area contributed by atoms with Crippen molar-refractivity contribution in [3.05, 3.63) is 71.8 Å². The van der Waals surface area contributed by atoms with Crippen LogP contribution in [0, 0.1) is 0 Å². The number of nitrogens with two attached hydrogens (primary N) is 1. The minimum Gasteiger partial charge on any atom is -1.00 e. The Bertz CT molecular complexity index is 450. The summed E-state index contributed by atoms with van der Waals surface area (Å²) >= 11 is 0. The Morgan fingerprint density at radius 3 is 1.81 bits per heavy atom.